The largest absolute Gasteiger partial charge is 0.275 e. The Labute approximate surface area is 117 Å². The van der Waals surface area contributed by atoms with Crippen LogP contribution in [0.2, 0.25) is 5.02 Å². The van der Waals surface area contributed by atoms with Gasteiger partial charge in [-0.25, -0.2) is 8.42 Å². The molecule has 1 aromatic carbocycles. The van der Waals surface area contributed by atoms with Crippen LogP contribution in [0.3, 0.4) is 0 Å². The molecule has 2 aromatic rings. The lowest BCUT2D eigenvalue weighted by molar-refractivity contribution is 0.466. The van der Waals surface area contributed by atoms with Crippen molar-refractivity contribution in [2.45, 2.75) is 11.4 Å². The fraction of sp³-hybridized carbons (Fsp3) is 0.250. The lowest BCUT2D eigenvalue weighted by atomic mass is 10.4. The number of sulfonamides is 1. The Morgan fingerprint density at radius 3 is 2.63 bits per heavy atom. The molecule has 1 aromatic heterocycles. The summed E-state index contributed by atoms with van der Waals surface area (Å²) in [4.78, 5) is 0.114. The van der Waals surface area contributed by atoms with Crippen molar-refractivity contribution in [3.8, 4) is 0 Å². The Balaban J connectivity index is 2.27. The van der Waals surface area contributed by atoms with Gasteiger partial charge >= 0.3 is 0 Å². The molecule has 0 saturated heterocycles. The van der Waals surface area contributed by atoms with E-state index in [1.807, 2.05) is 0 Å². The summed E-state index contributed by atoms with van der Waals surface area (Å²) in [5, 5.41) is 4.23. The average Bonchev–Trinajstić information content (AvgIpc) is 2.75. The molecule has 102 valence electrons. The highest BCUT2D eigenvalue weighted by Crippen LogP contribution is 2.24. The maximum Gasteiger partial charge on any atom is 0.244 e. The molecule has 0 N–H and O–H groups in total. The highest BCUT2D eigenvalue weighted by molar-refractivity contribution is 7.89. The van der Waals surface area contributed by atoms with Gasteiger partial charge in [0.15, 0.2) is 0 Å². The maximum absolute atomic E-state index is 12.4. The molecule has 0 aliphatic rings. The molecule has 2 rings (SSSR count). The minimum absolute atomic E-state index is 0.114. The van der Waals surface area contributed by atoms with Gasteiger partial charge in [0.05, 0.1) is 11.2 Å². The normalized spacial score (nSPS) is 12.0. The van der Waals surface area contributed by atoms with Crippen LogP contribution in [-0.2, 0) is 23.6 Å². The van der Waals surface area contributed by atoms with Gasteiger partial charge in [-0.1, -0.05) is 23.7 Å². The summed E-state index contributed by atoms with van der Waals surface area (Å²) in [6.07, 6.45) is 3.41. The minimum Gasteiger partial charge on any atom is -0.275 e. The van der Waals surface area contributed by atoms with Gasteiger partial charge in [-0.3, -0.25) is 4.68 Å². The van der Waals surface area contributed by atoms with Crippen LogP contribution in [-0.4, -0.2) is 29.6 Å². The highest BCUT2D eigenvalue weighted by Gasteiger charge is 2.23. The van der Waals surface area contributed by atoms with Gasteiger partial charge in [0.1, 0.15) is 4.90 Å². The van der Waals surface area contributed by atoms with E-state index in [0.717, 1.165) is 5.56 Å². The Morgan fingerprint density at radius 1 is 1.37 bits per heavy atom. The minimum atomic E-state index is -3.59. The van der Waals surface area contributed by atoms with Crippen molar-refractivity contribution >= 4 is 21.6 Å². The fourth-order valence-corrected chi connectivity index (χ4v) is 3.37. The second-order valence-corrected chi connectivity index (χ2v) is 6.63. The van der Waals surface area contributed by atoms with E-state index in [-0.39, 0.29) is 16.5 Å². The Bertz CT molecular complexity index is 682. The van der Waals surface area contributed by atoms with E-state index >= 15 is 0 Å². The highest BCUT2D eigenvalue weighted by atomic mass is 35.5. The van der Waals surface area contributed by atoms with Crippen LogP contribution in [0.1, 0.15) is 5.56 Å². The van der Waals surface area contributed by atoms with Crippen LogP contribution in [0.4, 0.5) is 0 Å². The average molecular weight is 300 g/mol. The van der Waals surface area contributed by atoms with Crippen LogP contribution in [0.15, 0.2) is 41.6 Å². The summed E-state index contributed by atoms with van der Waals surface area (Å²) in [6.45, 7) is 0.251. The van der Waals surface area contributed by atoms with Gasteiger partial charge in [-0.05, 0) is 12.1 Å². The number of hydrogen-bond donors (Lipinski definition) is 0. The first-order valence-corrected chi connectivity index (χ1v) is 7.41. The van der Waals surface area contributed by atoms with Crippen molar-refractivity contribution in [2.75, 3.05) is 7.05 Å². The maximum atomic E-state index is 12.4. The van der Waals surface area contributed by atoms with E-state index in [9.17, 15) is 8.42 Å². The molecule has 0 aliphatic carbocycles. The number of nitrogens with zero attached hydrogens (tertiary/aromatic N) is 3. The molecule has 0 aliphatic heterocycles. The van der Waals surface area contributed by atoms with Crippen molar-refractivity contribution < 1.29 is 8.42 Å². The molecule has 0 fully saturated rings. The molecule has 0 unspecified atom stereocenters. The first-order valence-electron chi connectivity index (χ1n) is 5.59. The molecule has 0 spiro atoms. The van der Waals surface area contributed by atoms with E-state index < -0.39 is 10.0 Å². The number of aromatic nitrogens is 2. The first kappa shape index (κ1) is 14.0. The molecule has 0 saturated carbocycles. The van der Waals surface area contributed by atoms with Gasteiger partial charge < -0.3 is 0 Å². The van der Waals surface area contributed by atoms with E-state index in [0.29, 0.717) is 0 Å². The van der Waals surface area contributed by atoms with Crippen molar-refractivity contribution in [1.82, 2.24) is 14.1 Å². The molecule has 0 bridgehead atoms. The molecule has 0 atom stereocenters. The Morgan fingerprint density at radius 2 is 2.05 bits per heavy atom. The molecule has 0 radical (unpaired) electrons. The predicted octanol–water partition coefficient (Wildman–Crippen LogP) is 1.89. The monoisotopic (exact) mass is 299 g/mol. The van der Waals surface area contributed by atoms with Gasteiger partial charge in [0.2, 0.25) is 10.0 Å². The summed E-state index contributed by atoms with van der Waals surface area (Å²) < 4.78 is 27.6. The third-order valence-electron chi connectivity index (χ3n) is 2.69. The lowest BCUT2D eigenvalue weighted by Gasteiger charge is -2.17. The quantitative estimate of drug-likeness (QED) is 0.866. The zero-order valence-electron chi connectivity index (χ0n) is 10.6. The van der Waals surface area contributed by atoms with E-state index in [1.54, 1.807) is 42.3 Å². The third kappa shape index (κ3) is 2.97. The molecule has 19 heavy (non-hydrogen) atoms. The van der Waals surface area contributed by atoms with Crippen molar-refractivity contribution in [1.29, 1.82) is 0 Å². The van der Waals surface area contributed by atoms with Gasteiger partial charge in [0, 0.05) is 32.4 Å². The summed E-state index contributed by atoms with van der Waals surface area (Å²) in [6, 6.07) is 6.41. The van der Waals surface area contributed by atoms with Crippen molar-refractivity contribution in [3.05, 3.63) is 47.2 Å². The van der Waals surface area contributed by atoms with Crippen molar-refractivity contribution in [3.63, 3.8) is 0 Å². The standard InChI is InChI=1S/C12H14ClN3O2S/c1-15-8-10(7-14-15)9-16(2)19(17,18)12-6-4-3-5-11(12)13/h3-8H,9H2,1-2H3. The third-order valence-corrected chi connectivity index (χ3v) is 4.99. The lowest BCUT2D eigenvalue weighted by Crippen LogP contribution is -2.26. The number of halogens is 1. The van der Waals surface area contributed by atoms with Crippen molar-refractivity contribution in [2.24, 2.45) is 7.05 Å². The Hall–Kier alpha value is -1.37. The number of hydrogen-bond acceptors (Lipinski definition) is 3. The zero-order valence-corrected chi connectivity index (χ0v) is 12.2. The predicted molar refractivity (Wildman–Crippen MR) is 73.3 cm³/mol. The smallest absolute Gasteiger partial charge is 0.244 e. The number of benzene rings is 1. The topological polar surface area (TPSA) is 55.2 Å². The van der Waals surface area contributed by atoms with Crippen LogP contribution in [0.5, 0.6) is 0 Å². The SMILES string of the molecule is CN(Cc1cnn(C)c1)S(=O)(=O)c1ccccc1Cl. The molecular formula is C12H14ClN3O2S. The van der Waals surface area contributed by atoms with Crippen LogP contribution in [0, 0.1) is 0 Å². The van der Waals surface area contributed by atoms with Crippen LogP contribution in [0.25, 0.3) is 0 Å². The summed E-state index contributed by atoms with van der Waals surface area (Å²) >= 11 is 5.94. The summed E-state index contributed by atoms with van der Waals surface area (Å²) in [5.74, 6) is 0. The van der Waals surface area contributed by atoms with Gasteiger partial charge in [-0.2, -0.15) is 9.40 Å². The first-order chi connectivity index (χ1) is 8.91. The van der Waals surface area contributed by atoms with E-state index in [2.05, 4.69) is 5.10 Å². The number of aryl methyl sites for hydroxylation is 1. The second-order valence-electron chi connectivity index (χ2n) is 4.21. The van der Waals surface area contributed by atoms with E-state index in [1.165, 1.54) is 17.4 Å². The number of rotatable bonds is 4. The van der Waals surface area contributed by atoms with Gasteiger partial charge in [-0.15, -0.1) is 0 Å². The van der Waals surface area contributed by atoms with Crippen LogP contribution >= 0.6 is 11.6 Å². The molecule has 0 amide bonds. The fourth-order valence-electron chi connectivity index (χ4n) is 1.72. The molecule has 1 heterocycles. The van der Waals surface area contributed by atoms with Gasteiger partial charge in [0.25, 0.3) is 0 Å². The van der Waals surface area contributed by atoms with Crippen LogP contribution < -0.4 is 0 Å². The molecule has 7 heteroatoms. The Kier molecular flexibility index (Phi) is 3.93. The summed E-state index contributed by atoms with van der Waals surface area (Å²) in [5.41, 5.74) is 0.820. The molecular weight excluding hydrogens is 286 g/mol. The second kappa shape index (κ2) is 5.32. The zero-order chi connectivity index (χ0) is 14.0. The summed E-state index contributed by atoms with van der Waals surface area (Å²) in [7, 11) is -0.291. The molecule has 5 nitrogen and oxygen atoms in total. The van der Waals surface area contributed by atoms with E-state index in [4.69, 9.17) is 11.6 Å².